The van der Waals surface area contributed by atoms with Crippen molar-refractivity contribution in [1.29, 1.82) is 0 Å². The summed E-state index contributed by atoms with van der Waals surface area (Å²) < 4.78 is 39.8. The van der Waals surface area contributed by atoms with E-state index >= 15 is 0 Å². The molecule has 124 valence electrons. The molecule has 0 N–H and O–H groups in total. The van der Waals surface area contributed by atoms with Crippen molar-refractivity contribution in [3.8, 4) is 0 Å². The molecule has 0 spiro atoms. The first-order chi connectivity index (χ1) is 10.1. The lowest BCUT2D eigenvalue weighted by atomic mass is 10.0. The van der Waals surface area contributed by atoms with E-state index in [9.17, 15) is 13.2 Å². The Morgan fingerprint density at radius 1 is 1.23 bits per heavy atom. The minimum absolute atomic E-state index is 0.0284. The maximum Gasteiger partial charge on any atom is 0.339 e. The summed E-state index contributed by atoms with van der Waals surface area (Å²) in [6.07, 6.45) is -1.40. The van der Waals surface area contributed by atoms with Gasteiger partial charge in [0.25, 0.3) is 10.1 Å². The van der Waals surface area contributed by atoms with Crippen LogP contribution in [0.2, 0.25) is 0 Å². The number of benzene rings is 1. The van der Waals surface area contributed by atoms with E-state index in [2.05, 4.69) is 0 Å². The molecule has 0 saturated heterocycles. The molecule has 1 aromatic carbocycles. The maximum absolute atomic E-state index is 12.3. The molecule has 22 heavy (non-hydrogen) atoms. The minimum atomic E-state index is -4.11. The zero-order valence-corrected chi connectivity index (χ0v) is 14.3. The molecule has 0 aliphatic rings. The lowest BCUT2D eigenvalue weighted by molar-refractivity contribution is -0.165. The third-order valence-corrected chi connectivity index (χ3v) is 4.49. The highest BCUT2D eigenvalue weighted by Gasteiger charge is 2.41. The molecule has 1 aromatic rings. The molecule has 0 fully saturated rings. The Morgan fingerprint density at radius 2 is 1.77 bits per heavy atom. The van der Waals surface area contributed by atoms with Crippen LogP contribution in [-0.2, 0) is 28.6 Å². The summed E-state index contributed by atoms with van der Waals surface area (Å²) in [5.74, 6) is -0.787. The van der Waals surface area contributed by atoms with Crippen molar-refractivity contribution in [2.24, 2.45) is 0 Å². The van der Waals surface area contributed by atoms with Crippen LogP contribution in [0.25, 0.3) is 0 Å². The monoisotopic (exact) mass is 330 g/mol. The molecule has 1 atom stereocenters. The van der Waals surface area contributed by atoms with Crippen LogP contribution in [0.5, 0.6) is 0 Å². The van der Waals surface area contributed by atoms with Gasteiger partial charge in [-0.05, 0) is 39.8 Å². The number of rotatable bonds is 7. The van der Waals surface area contributed by atoms with Gasteiger partial charge in [0.2, 0.25) is 6.10 Å². The fourth-order valence-electron chi connectivity index (χ4n) is 1.65. The van der Waals surface area contributed by atoms with Crippen LogP contribution in [-0.4, -0.2) is 39.8 Å². The van der Waals surface area contributed by atoms with Crippen molar-refractivity contribution >= 4 is 16.1 Å². The van der Waals surface area contributed by atoms with Gasteiger partial charge in [-0.3, -0.25) is 0 Å². The third kappa shape index (κ3) is 4.53. The van der Waals surface area contributed by atoms with Crippen LogP contribution in [0.1, 0.15) is 26.3 Å². The Hall–Kier alpha value is -1.44. The lowest BCUT2D eigenvalue weighted by Crippen LogP contribution is -2.47. The van der Waals surface area contributed by atoms with Crippen LogP contribution in [0.4, 0.5) is 0 Å². The fourth-order valence-corrected chi connectivity index (χ4v) is 2.80. The highest BCUT2D eigenvalue weighted by atomic mass is 32.2. The van der Waals surface area contributed by atoms with Crippen molar-refractivity contribution < 1.29 is 26.9 Å². The minimum Gasteiger partial charge on any atom is -0.464 e. The molecule has 6 nitrogen and oxygen atoms in total. The Labute approximate surface area is 131 Å². The van der Waals surface area contributed by atoms with Gasteiger partial charge < -0.3 is 9.47 Å². The fraction of sp³-hybridized carbons (Fsp3) is 0.533. The number of aryl methyl sites for hydroxylation is 1. The molecular weight excluding hydrogens is 308 g/mol. The standard InChI is InChI=1S/C15H22O6S/c1-6-20-14(16)13(15(3,4)19-5)21-22(17,18)12-9-7-11(2)8-10-12/h7-10,13H,6H2,1-5H3. The second kappa shape index (κ2) is 7.21. The molecule has 0 saturated carbocycles. The molecule has 7 heteroatoms. The number of carbonyl (C=O) groups excluding carboxylic acids is 1. The van der Waals surface area contributed by atoms with Gasteiger partial charge in [-0.1, -0.05) is 17.7 Å². The van der Waals surface area contributed by atoms with Gasteiger partial charge in [-0.2, -0.15) is 8.42 Å². The van der Waals surface area contributed by atoms with Gasteiger partial charge in [0.05, 0.1) is 11.5 Å². The summed E-state index contributed by atoms with van der Waals surface area (Å²) in [7, 11) is -2.74. The van der Waals surface area contributed by atoms with Crippen molar-refractivity contribution in [2.45, 2.75) is 44.3 Å². The highest BCUT2D eigenvalue weighted by Crippen LogP contribution is 2.24. The van der Waals surface area contributed by atoms with Crippen molar-refractivity contribution in [2.75, 3.05) is 13.7 Å². The first-order valence-corrected chi connectivity index (χ1v) is 8.26. The number of hydrogen-bond donors (Lipinski definition) is 0. The summed E-state index contributed by atoms with van der Waals surface area (Å²) in [6, 6.07) is 6.15. The first kappa shape index (κ1) is 18.6. The van der Waals surface area contributed by atoms with E-state index in [0.717, 1.165) is 5.56 Å². The van der Waals surface area contributed by atoms with E-state index in [0.29, 0.717) is 0 Å². The average molecular weight is 330 g/mol. The quantitative estimate of drug-likeness (QED) is 0.562. The largest absolute Gasteiger partial charge is 0.464 e. The molecular formula is C15H22O6S. The van der Waals surface area contributed by atoms with Gasteiger partial charge in [0.15, 0.2) is 0 Å². The van der Waals surface area contributed by atoms with E-state index in [1.807, 2.05) is 6.92 Å². The number of hydrogen-bond acceptors (Lipinski definition) is 6. The topological polar surface area (TPSA) is 78.9 Å². The molecule has 0 radical (unpaired) electrons. The summed E-state index contributed by atoms with van der Waals surface area (Å²) in [6.45, 7) is 6.69. The van der Waals surface area contributed by atoms with Gasteiger partial charge in [-0.15, -0.1) is 0 Å². The van der Waals surface area contributed by atoms with Gasteiger partial charge in [0, 0.05) is 7.11 Å². The third-order valence-electron chi connectivity index (χ3n) is 3.19. The molecule has 0 aliphatic carbocycles. The number of ether oxygens (including phenoxy) is 2. The predicted octanol–water partition coefficient (Wildman–Crippen LogP) is 2.06. The second-order valence-corrected chi connectivity index (χ2v) is 6.88. The Morgan fingerprint density at radius 3 is 2.23 bits per heavy atom. The average Bonchev–Trinajstić information content (AvgIpc) is 2.45. The normalized spacial score (nSPS) is 13.7. The molecule has 0 aliphatic heterocycles. The summed E-state index contributed by atoms with van der Waals surface area (Å²) in [4.78, 5) is 12.0. The first-order valence-electron chi connectivity index (χ1n) is 6.85. The van der Waals surface area contributed by atoms with Gasteiger partial charge in [-0.25, -0.2) is 8.98 Å². The van der Waals surface area contributed by atoms with Gasteiger partial charge >= 0.3 is 5.97 Å². The zero-order valence-electron chi connectivity index (χ0n) is 13.5. The van der Waals surface area contributed by atoms with Crippen LogP contribution >= 0.6 is 0 Å². The summed E-state index contributed by atoms with van der Waals surface area (Å²) >= 11 is 0. The molecule has 0 amide bonds. The molecule has 1 rings (SSSR count). The maximum atomic E-state index is 12.3. The van der Waals surface area contributed by atoms with Crippen LogP contribution in [0.3, 0.4) is 0 Å². The molecule has 0 bridgehead atoms. The van der Waals surface area contributed by atoms with Crippen molar-refractivity contribution in [1.82, 2.24) is 0 Å². The van der Waals surface area contributed by atoms with E-state index < -0.39 is 27.8 Å². The van der Waals surface area contributed by atoms with Crippen LogP contribution < -0.4 is 0 Å². The van der Waals surface area contributed by atoms with Crippen molar-refractivity contribution in [3.63, 3.8) is 0 Å². The second-order valence-electron chi connectivity index (χ2n) is 5.30. The Balaban J connectivity index is 3.12. The Kier molecular flexibility index (Phi) is 6.10. The van der Waals surface area contributed by atoms with E-state index in [1.54, 1.807) is 32.9 Å². The molecule has 0 aromatic heterocycles. The van der Waals surface area contributed by atoms with Gasteiger partial charge in [0.1, 0.15) is 5.60 Å². The zero-order chi connectivity index (χ0) is 17.0. The SMILES string of the molecule is CCOC(=O)C(OS(=O)(=O)c1ccc(C)cc1)C(C)(C)OC. The van der Waals surface area contributed by atoms with E-state index in [4.69, 9.17) is 13.7 Å². The molecule has 1 unspecified atom stereocenters. The Bertz CT molecular complexity index is 603. The number of methoxy groups -OCH3 is 1. The predicted molar refractivity (Wildman–Crippen MR) is 81.0 cm³/mol. The van der Waals surface area contributed by atoms with Crippen molar-refractivity contribution in [3.05, 3.63) is 29.8 Å². The smallest absolute Gasteiger partial charge is 0.339 e. The summed E-state index contributed by atoms with van der Waals surface area (Å²) in [5, 5.41) is 0. The number of esters is 1. The lowest BCUT2D eigenvalue weighted by Gasteiger charge is -2.30. The molecule has 0 heterocycles. The van der Waals surface area contributed by atoms with E-state index in [1.165, 1.54) is 19.2 Å². The number of carbonyl (C=O) groups is 1. The van der Waals surface area contributed by atoms with E-state index in [-0.39, 0.29) is 11.5 Å². The summed E-state index contributed by atoms with van der Waals surface area (Å²) in [5.41, 5.74) is -0.248. The highest BCUT2D eigenvalue weighted by molar-refractivity contribution is 7.86. The van der Waals surface area contributed by atoms with Crippen LogP contribution in [0.15, 0.2) is 29.2 Å². The van der Waals surface area contributed by atoms with Crippen LogP contribution in [0, 0.1) is 6.92 Å².